The minimum absolute atomic E-state index is 0.698. The van der Waals surface area contributed by atoms with Crippen LogP contribution < -0.4 is 5.32 Å². The first kappa shape index (κ1) is 13.6. The van der Waals surface area contributed by atoms with Gasteiger partial charge in [-0.3, -0.25) is 4.68 Å². The SMILES string of the molecule is CCCNCC1CCCCCC1c1ccnn1C. The van der Waals surface area contributed by atoms with Gasteiger partial charge in [0, 0.05) is 24.9 Å². The van der Waals surface area contributed by atoms with Crippen molar-refractivity contribution in [1.29, 1.82) is 0 Å². The largest absolute Gasteiger partial charge is 0.316 e. The third-order valence-electron chi connectivity index (χ3n) is 4.23. The van der Waals surface area contributed by atoms with Gasteiger partial charge in [-0.1, -0.05) is 26.2 Å². The predicted molar refractivity (Wildman–Crippen MR) is 75.7 cm³/mol. The van der Waals surface area contributed by atoms with Crippen LogP contribution in [0.3, 0.4) is 0 Å². The van der Waals surface area contributed by atoms with Crippen LogP contribution in [0.25, 0.3) is 0 Å². The van der Waals surface area contributed by atoms with Gasteiger partial charge in [0.1, 0.15) is 0 Å². The lowest BCUT2D eigenvalue weighted by molar-refractivity contribution is 0.362. The second-order valence-electron chi connectivity index (χ2n) is 5.59. The van der Waals surface area contributed by atoms with E-state index in [2.05, 4.69) is 35.1 Å². The first-order valence-electron chi connectivity index (χ1n) is 7.51. The second kappa shape index (κ2) is 6.93. The molecule has 1 aromatic heterocycles. The first-order chi connectivity index (χ1) is 8.83. The second-order valence-corrected chi connectivity index (χ2v) is 5.59. The van der Waals surface area contributed by atoms with Gasteiger partial charge in [-0.15, -0.1) is 0 Å². The van der Waals surface area contributed by atoms with E-state index < -0.39 is 0 Å². The molecular formula is C15H27N3. The summed E-state index contributed by atoms with van der Waals surface area (Å²) >= 11 is 0. The van der Waals surface area contributed by atoms with Crippen molar-refractivity contribution in [1.82, 2.24) is 15.1 Å². The minimum atomic E-state index is 0.698. The average molecular weight is 249 g/mol. The number of nitrogens with one attached hydrogen (secondary N) is 1. The predicted octanol–water partition coefficient (Wildman–Crippen LogP) is 3.08. The summed E-state index contributed by atoms with van der Waals surface area (Å²) in [5.41, 5.74) is 1.43. The lowest BCUT2D eigenvalue weighted by atomic mass is 9.85. The van der Waals surface area contributed by atoms with E-state index >= 15 is 0 Å². The number of hydrogen-bond acceptors (Lipinski definition) is 2. The number of nitrogens with zero attached hydrogens (tertiary/aromatic N) is 2. The summed E-state index contributed by atoms with van der Waals surface area (Å²) < 4.78 is 2.07. The third kappa shape index (κ3) is 3.35. The van der Waals surface area contributed by atoms with E-state index in [4.69, 9.17) is 0 Å². The van der Waals surface area contributed by atoms with Gasteiger partial charge in [0.15, 0.2) is 0 Å². The van der Waals surface area contributed by atoms with Crippen LogP contribution in [0.5, 0.6) is 0 Å². The molecule has 1 N–H and O–H groups in total. The Morgan fingerprint density at radius 1 is 1.33 bits per heavy atom. The van der Waals surface area contributed by atoms with Crippen LogP contribution in [0, 0.1) is 5.92 Å². The summed E-state index contributed by atoms with van der Waals surface area (Å²) in [6.07, 6.45) is 10.0. The van der Waals surface area contributed by atoms with Crippen LogP contribution in [0.2, 0.25) is 0 Å². The molecule has 0 saturated heterocycles. The van der Waals surface area contributed by atoms with Gasteiger partial charge in [-0.2, -0.15) is 5.10 Å². The lowest BCUT2D eigenvalue weighted by Crippen LogP contribution is -2.28. The van der Waals surface area contributed by atoms with E-state index in [1.54, 1.807) is 0 Å². The van der Waals surface area contributed by atoms with Gasteiger partial charge in [-0.25, -0.2) is 0 Å². The molecule has 1 aliphatic carbocycles. The van der Waals surface area contributed by atoms with Crippen molar-refractivity contribution < 1.29 is 0 Å². The summed E-state index contributed by atoms with van der Waals surface area (Å²) in [5.74, 6) is 1.49. The summed E-state index contributed by atoms with van der Waals surface area (Å²) in [7, 11) is 2.08. The van der Waals surface area contributed by atoms with Crippen molar-refractivity contribution in [3.8, 4) is 0 Å². The number of rotatable bonds is 5. The molecule has 2 rings (SSSR count). The van der Waals surface area contributed by atoms with Crippen LogP contribution in [-0.4, -0.2) is 22.9 Å². The van der Waals surface area contributed by atoms with Gasteiger partial charge in [0.05, 0.1) is 0 Å². The molecule has 1 fully saturated rings. The maximum Gasteiger partial charge on any atom is 0.0492 e. The highest BCUT2D eigenvalue weighted by atomic mass is 15.3. The molecule has 0 spiro atoms. The molecular weight excluding hydrogens is 222 g/mol. The van der Waals surface area contributed by atoms with Crippen molar-refractivity contribution in [2.24, 2.45) is 13.0 Å². The zero-order chi connectivity index (χ0) is 12.8. The molecule has 2 atom stereocenters. The smallest absolute Gasteiger partial charge is 0.0492 e. The lowest BCUT2D eigenvalue weighted by Gasteiger charge is -2.25. The Hall–Kier alpha value is -0.830. The van der Waals surface area contributed by atoms with Crippen molar-refractivity contribution in [3.63, 3.8) is 0 Å². The average Bonchev–Trinajstić information content (AvgIpc) is 2.65. The Labute approximate surface area is 111 Å². The van der Waals surface area contributed by atoms with Gasteiger partial charge in [0.2, 0.25) is 0 Å². The fraction of sp³-hybridized carbons (Fsp3) is 0.800. The number of aromatic nitrogens is 2. The Kier molecular flexibility index (Phi) is 5.24. The number of hydrogen-bond donors (Lipinski definition) is 1. The van der Waals surface area contributed by atoms with Gasteiger partial charge in [0.25, 0.3) is 0 Å². The van der Waals surface area contributed by atoms with Crippen LogP contribution >= 0.6 is 0 Å². The Bertz CT molecular complexity index is 345. The molecule has 0 aliphatic heterocycles. The minimum Gasteiger partial charge on any atom is -0.316 e. The van der Waals surface area contributed by atoms with Crippen LogP contribution in [0.4, 0.5) is 0 Å². The fourth-order valence-electron chi connectivity index (χ4n) is 3.23. The van der Waals surface area contributed by atoms with Gasteiger partial charge < -0.3 is 5.32 Å². The molecule has 0 bridgehead atoms. The molecule has 1 aromatic rings. The topological polar surface area (TPSA) is 29.9 Å². The Balaban J connectivity index is 2.04. The Morgan fingerprint density at radius 2 is 2.17 bits per heavy atom. The van der Waals surface area contributed by atoms with Gasteiger partial charge in [-0.05, 0) is 44.3 Å². The van der Waals surface area contributed by atoms with E-state index in [1.807, 2.05) is 6.20 Å². The quantitative estimate of drug-likeness (QED) is 0.642. The molecule has 1 heterocycles. The first-order valence-corrected chi connectivity index (χ1v) is 7.51. The maximum atomic E-state index is 4.35. The molecule has 1 saturated carbocycles. The molecule has 3 nitrogen and oxygen atoms in total. The summed E-state index contributed by atoms with van der Waals surface area (Å²) in [4.78, 5) is 0. The summed E-state index contributed by atoms with van der Waals surface area (Å²) in [6, 6.07) is 2.21. The van der Waals surface area contributed by atoms with Crippen LogP contribution in [0.15, 0.2) is 12.3 Å². The van der Waals surface area contributed by atoms with E-state index in [0.717, 1.165) is 12.5 Å². The molecule has 3 heteroatoms. The molecule has 0 radical (unpaired) electrons. The van der Waals surface area contributed by atoms with Crippen LogP contribution in [-0.2, 0) is 7.05 Å². The van der Waals surface area contributed by atoms with Crippen molar-refractivity contribution in [2.75, 3.05) is 13.1 Å². The zero-order valence-corrected chi connectivity index (χ0v) is 11.9. The van der Waals surface area contributed by atoms with E-state index in [1.165, 1.54) is 50.8 Å². The highest BCUT2D eigenvalue weighted by molar-refractivity contribution is 5.10. The van der Waals surface area contributed by atoms with E-state index in [-0.39, 0.29) is 0 Å². The molecule has 18 heavy (non-hydrogen) atoms. The molecule has 1 aliphatic rings. The molecule has 0 amide bonds. The Morgan fingerprint density at radius 3 is 2.89 bits per heavy atom. The summed E-state index contributed by atoms with van der Waals surface area (Å²) in [5, 5.41) is 7.96. The molecule has 102 valence electrons. The van der Waals surface area contributed by atoms with Crippen molar-refractivity contribution in [3.05, 3.63) is 18.0 Å². The van der Waals surface area contributed by atoms with Gasteiger partial charge >= 0.3 is 0 Å². The highest BCUT2D eigenvalue weighted by Gasteiger charge is 2.26. The van der Waals surface area contributed by atoms with Crippen LogP contribution in [0.1, 0.15) is 57.1 Å². The number of aryl methyl sites for hydroxylation is 1. The van der Waals surface area contributed by atoms with Crippen molar-refractivity contribution >= 4 is 0 Å². The maximum absolute atomic E-state index is 4.35. The highest BCUT2D eigenvalue weighted by Crippen LogP contribution is 2.35. The molecule has 0 aromatic carbocycles. The zero-order valence-electron chi connectivity index (χ0n) is 11.9. The normalized spacial score (nSPS) is 25.0. The van der Waals surface area contributed by atoms with E-state index in [0.29, 0.717) is 5.92 Å². The fourth-order valence-corrected chi connectivity index (χ4v) is 3.23. The van der Waals surface area contributed by atoms with Crippen molar-refractivity contribution in [2.45, 2.75) is 51.4 Å². The summed E-state index contributed by atoms with van der Waals surface area (Å²) in [6.45, 7) is 4.55. The molecule has 2 unspecified atom stereocenters. The van der Waals surface area contributed by atoms with E-state index in [9.17, 15) is 0 Å². The standard InChI is InChI=1S/C15H27N3/c1-3-10-16-12-13-7-5-4-6-8-14(13)15-9-11-17-18(15)2/h9,11,13-14,16H,3-8,10,12H2,1-2H3. The third-order valence-corrected chi connectivity index (χ3v) is 4.23. The monoisotopic (exact) mass is 249 g/mol.